The molecule has 0 spiro atoms. The Hall–Kier alpha value is -2.83. The number of pyridine rings is 1. The van der Waals surface area contributed by atoms with Crippen molar-refractivity contribution in [3.63, 3.8) is 0 Å². The van der Waals surface area contributed by atoms with Crippen LogP contribution in [0.2, 0.25) is 5.02 Å². The molecular formula is C22H16ClN3O2S. The normalized spacial score (nSPS) is 21.2. The van der Waals surface area contributed by atoms with Gasteiger partial charge in [0.25, 0.3) is 5.91 Å². The number of rotatable bonds is 2. The van der Waals surface area contributed by atoms with Crippen LogP contribution in [0.1, 0.15) is 11.1 Å². The molecule has 3 aromatic rings. The third kappa shape index (κ3) is 2.91. The van der Waals surface area contributed by atoms with Crippen molar-refractivity contribution in [2.45, 2.75) is 18.2 Å². The maximum atomic E-state index is 13.4. The van der Waals surface area contributed by atoms with Gasteiger partial charge in [0.05, 0.1) is 17.9 Å². The van der Waals surface area contributed by atoms with E-state index in [4.69, 9.17) is 11.6 Å². The molecule has 7 heteroatoms. The van der Waals surface area contributed by atoms with Crippen molar-refractivity contribution < 1.29 is 9.59 Å². The van der Waals surface area contributed by atoms with Crippen molar-refractivity contribution in [2.24, 2.45) is 0 Å². The Morgan fingerprint density at radius 2 is 1.93 bits per heavy atom. The zero-order chi connectivity index (χ0) is 20.1. The summed E-state index contributed by atoms with van der Waals surface area (Å²) in [5.41, 5.74) is 2.36. The summed E-state index contributed by atoms with van der Waals surface area (Å²) in [5.74, 6) is -0.250. The van der Waals surface area contributed by atoms with Crippen LogP contribution in [0.4, 0.5) is 10.5 Å². The van der Waals surface area contributed by atoms with Crippen LogP contribution < -0.4 is 10.2 Å². The molecule has 0 saturated carbocycles. The summed E-state index contributed by atoms with van der Waals surface area (Å²) in [4.78, 5) is 32.7. The van der Waals surface area contributed by atoms with Gasteiger partial charge in [-0.05, 0) is 24.6 Å². The fourth-order valence-electron chi connectivity index (χ4n) is 3.87. The number of hydrogen-bond donors (Lipinski definition) is 1. The molecule has 1 N–H and O–H groups in total. The van der Waals surface area contributed by atoms with Crippen LogP contribution in [0.25, 0.3) is 15.7 Å². The minimum atomic E-state index is -0.446. The van der Waals surface area contributed by atoms with Gasteiger partial charge in [0.15, 0.2) is 0 Å². The first-order chi connectivity index (χ1) is 14.0. The Morgan fingerprint density at radius 3 is 2.76 bits per heavy atom. The van der Waals surface area contributed by atoms with E-state index in [1.54, 1.807) is 12.4 Å². The maximum Gasteiger partial charge on any atom is 0.329 e. The first-order valence-corrected chi connectivity index (χ1v) is 10.4. The van der Waals surface area contributed by atoms with E-state index in [2.05, 4.69) is 10.3 Å². The van der Waals surface area contributed by atoms with E-state index >= 15 is 0 Å². The monoisotopic (exact) mass is 421 g/mol. The lowest BCUT2D eigenvalue weighted by molar-refractivity contribution is -0.118. The van der Waals surface area contributed by atoms with Gasteiger partial charge in [0.1, 0.15) is 5.25 Å². The van der Waals surface area contributed by atoms with Crippen LogP contribution in [0.3, 0.4) is 0 Å². The zero-order valence-corrected chi connectivity index (χ0v) is 17.0. The largest absolute Gasteiger partial charge is 0.329 e. The molecule has 3 amide bonds. The van der Waals surface area contributed by atoms with Gasteiger partial charge in [-0.1, -0.05) is 48.0 Å². The second-order valence-electron chi connectivity index (χ2n) is 7.03. The minimum absolute atomic E-state index is 0.250. The van der Waals surface area contributed by atoms with Crippen LogP contribution in [-0.4, -0.2) is 28.2 Å². The third-order valence-corrected chi connectivity index (χ3v) is 6.91. The minimum Gasteiger partial charge on any atom is -0.329 e. The highest BCUT2D eigenvalue weighted by molar-refractivity contribution is 8.09. The van der Waals surface area contributed by atoms with Crippen molar-refractivity contribution >= 4 is 56.7 Å². The van der Waals surface area contributed by atoms with Crippen LogP contribution in [0, 0.1) is 6.92 Å². The van der Waals surface area contributed by atoms with Crippen molar-refractivity contribution in [3.8, 4) is 0 Å². The third-order valence-electron chi connectivity index (χ3n) is 5.22. The molecule has 1 aromatic heterocycles. The van der Waals surface area contributed by atoms with Crippen molar-refractivity contribution in [1.82, 2.24) is 10.3 Å². The van der Waals surface area contributed by atoms with E-state index in [0.29, 0.717) is 10.7 Å². The van der Waals surface area contributed by atoms with Crippen molar-refractivity contribution in [2.75, 3.05) is 4.90 Å². The lowest BCUT2D eigenvalue weighted by Gasteiger charge is -2.33. The standard InChI is InChI=1S/C22H16ClN3O2S/c1-12-5-4-6-13-10-24-11-17(19(12)13)26-21(27)20-16(25-22(26)28)9-18(29-20)14-7-2-3-8-15(14)23/h2-11,16,20H,1H3,(H,25,28). The number of amides is 3. The predicted molar refractivity (Wildman–Crippen MR) is 117 cm³/mol. The molecule has 2 atom stereocenters. The van der Waals surface area contributed by atoms with Crippen LogP contribution in [-0.2, 0) is 4.79 Å². The summed E-state index contributed by atoms with van der Waals surface area (Å²) >= 11 is 7.76. The highest BCUT2D eigenvalue weighted by atomic mass is 35.5. The van der Waals surface area contributed by atoms with Crippen molar-refractivity contribution in [1.29, 1.82) is 0 Å². The van der Waals surface area contributed by atoms with Gasteiger partial charge < -0.3 is 5.32 Å². The number of nitrogens with zero attached hydrogens (tertiary/aromatic N) is 2. The smallest absolute Gasteiger partial charge is 0.329 e. The molecule has 2 aliphatic rings. The predicted octanol–water partition coefficient (Wildman–Crippen LogP) is 4.78. The number of benzene rings is 2. The average Bonchev–Trinajstić information content (AvgIpc) is 3.12. The van der Waals surface area contributed by atoms with Gasteiger partial charge >= 0.3 is 6.03 Å². The Balaban J connectivity index is 1.54. The molecule has 0 bridgehead atoms. The highest BCUT2D eigenvalue weighted by Crippen LogP contribution is 2.44. The molecule has 3 heterocycles. The second-order valence-corrected chi connectivity index (χ2v) is 8.62. The Labute approximate surface area is 176 Å². The topological polar surface area (TPSA) is 62.3 Å². The molecule has 5 rings (SSSR count). The van der Waals surface area contributed by atoms with E-state index in [0.717, 1.165) is 26.8 Å². The highest BCUT2D eigenvalue weighted by Gasteiger charge is 2.45. The fourth-order valence-corrected chi connectivity index (χ4v) is 5.47. The summed E-state index contributed by atoms with van der Waals surface area (Å²) in [7, 11) is 0. The Morgan fingerprint density at radius 1 is 1.10 bits per heavy atom. The SMILES string of the molecule is Cc1cccc2cncc(N3C(=O)NC4C=C(c5ccccc5Cl)SC4C3=O)c12. The molecule has 29 heavy (non-hydrogen) atoms. The summed E-state index contributed by atoms with van der Waals surface area (Å²) in [6.45, 7) is 1.96. The summed E-state index contributed by atoms with van der Waals surface area (Å²) in [6, 6.07) is 12.5. The molecule has 2 aromatic carbocycles. The van der Waals surface area contributed by atoms with Gasteiger partial charge in [0.2, 0.25) is 0 Å². The lowest BCUT2D eigenvalue weighted by atomic mass is 10.0. The number of hydrogen-bond acceptors (Lipinski definition) is 4. The van der Waals surface area contributed by atoms with E-state index in [1.165, 1.54) is 16.7 Å². The zero-order valence-electron chi connectivity index (χ0n) is 15.4. The molecule has 1 saturated heterocycles. The number of nitrogens with one attached hydrogen (secondary N) is 1. The van der Waals surface area contributed by atoms with E-state index < -0.39 is 11.3 Å². The molecule has 1 fully saturated rings. The summed E-state index contributed by atoms with van der Waals surface area (Å²) in [5, 5.41) is 4.87. The van der Waals surface area contributed by atoms with Gasteiger partial charge in [-0.3, -0.25) is 9.78 Å². The molecule has 0 radical (unpaired) electrons. The lowest BCUT2D eigenvalue weighted by Crippen LogP contribution is -2.60. The molecule has 0 aliphatic carbocycles. The number of fused-ring (bicyclic) bond motifs is 2. The number of anilines is 1. The van der Waals surface area contributed by atoms with E-state index in [1.807, 2.05) is 55.5 Å². The number of thioether (sulfide) groups is 1. The molecular weight excluding hydrogens is 406 g/mol. The number of aromatic nitrogens is 1. The molecule has 144 valence electrons. The van der Waals surface area contributed by atoms with E-state index in [9.17, 15) is 9.59 Å². The van der Waals surface area contributed by atoms with Gasteiger partial charge in [-0.2, -0.15) is 0 Å². The first kappa shape index (κ1) is 18.2. The second kappa shape index (κ2) is 6.90. The average molecular weight is 422 g/mol. The number of halogens is 1. The Kier molecular flexibility index (Phi) is 4.33. The number of carbonyl (C=O) groups excluding carboxylic acids is 2. The molecule has 2 unspecified atom stereocenters. The van der Waals surface area contributed by atoms with Crippen LogP contribution >= 0.6 is 23.4 Å². The first-order valence-electron chi connectivity index (χ1n) is 9.16. The van der Waals surface area contributed by atoms with Gasteiger partial charge in [-0.15, -0.1) is 11.8 Å². The summed E-state index contributed by atoms with van der Waals surface area (Å²) in [6.07, 6.45) is 5.23. The number of urea groups is 1. The number of imide groups is 1. The molecule has 5 nitrogen and oxygen atoms in total. The maximum absolute atomic E-state index is 13.4. The number of carbonyl (C=O) groups is 2. The van der Waals surface area contributed by atoms with Crippen molar-refractivity contribution in [3.05, 3.63) is 77.1 Å². The van der Waals surface area contributed by atoms with Crippen LogP contribution in [0.5, 0.6) is 0 Å². The quantitative estimate of drug-likeness (QED) is 0.647. The van der Waals surface area contributed by atoms with Crippen LogP contribution in [0.15, 0.2) is 60.9 Å². The summed E-state index contributed by atoms with van der Waals surface area (Å²) < 4.78 is 0. The van der Waals surface area contributed by atoms with E-state index in [-0.39, 0.29) is 11.9 Å². The van der Waals surface area contributed by atoms with Gasteiger partial charge in [0, 0.05) is 32.5 Å². The number of aryl methyl sites for hydroxylation is 1. The molecule has 2 aliphatic heterocycles. The fraction of sp³-hybridized carbons (Fsp3) is 0.136. The Bertz CT molecular complexity index is 1200. The van der Waals surface area contributed by atoms with Gasteiger partial charge in [-0.25, -0.2) is 9.69 Å².